The second-order valence-electron chi connectivity index (χ2n) is 2.99. The maximum Gasteiger partial charge on any atom is 0.140 e. The first-order valence-corrected chi connectivity index (χ1v) is 4.07. The molecule has 1 aliphatic heterocycles. The van der Waals surface area contributed by atoms with Crippen LogP contribution in [0.3, 0.4) is 0 Å². The number of aliphatic hydroxyl groups is 1. The van der Waals surface area contributed by atoms with Crippen LogP contribution < -0.4 is 4.74 Å². The van der Waals surface area contributed by atoms with Crippen LogP contribution in [0.5, 0.6) is 5.75 Å². The fourth-order valence-electron chi connectivity index (χ4n) is 1.33. The average molecular weight is 165 g/mol. The molecule has 0 saturated carbocycles. The summed E-state index contributed by atoms with van der Waals surface area (Å²) >= 11 is 0. The van der Waals surface area contributed by atoms with Crippen LogP contribution in [0, 0.1) is 0 Å². The summed E-state index contributed by atoms with van der Waals surface area (Å²) in [5.41, 5.74) is 1.88. The minimum absolute atomic E-state index is 0.490. The van der Waals surface area contributed by atoms with Crippen molar-refractivity contribution in [2.24, 2.45) is 0 Å². The van der Waals surface area contributed by atoms with Crippen molar-refractivity contribution in [3.63, 3.8) is 0 Å². The molecule has 0 fully saturated rings. The first kappa shape index (κ1) is 7.55. The third kappa shape index (κ3) is 1.16. The van der Waals surface area contributed by atoms with Crippen molar-refractivity contribution in [3.05, 3.63) is 23.5 Å². The molecular weight excluding hydrogens is 154 g/mol. The summed E-state index contributed by atoms with van der Waals surface area (Å²) in [5, 5.41) is 9.25. The SMILES string of the molecule is CC(O)c1cc2c(cn1)OCC2. The summed E-state index contributed by atoms with van der Waals surface area (Å²) in [6.45, 7) is 2.45. The maximum absolute atomic E-state index is 9.25. The second-order valence-corrected chi connectivity index (χ2v) is 2.99. The molecule has 0 saturated heterocycles. The van der Waals surface area contributed by atoms with Gasteiger partial charge in [0.05, 0.1) is 24.6 Å². The Labute approximate surface area is 71.0 Å². The van der Waals surface area contributed by atoms with Crippen molar-refractivity contribution in [1.29, 1.82) is 0 Å². The molecule has 1 N–H and O–H groups in total. The largest absolute Gasteiger partial charge is 0.491 e. The molecule has 1 atom stereocenters. The fourth-order valence-corrected chi connectivity index (χ4v) is 1.33. The monoisotopic (exact) mass is 165 g/mol. The number of rotatable bonds is 1. The second kappa shape index (κ2) is 2.75. The highest BCUT2D eigenvalue weighted by Crippen LogP contribution is 2.25. The van der Waals surface area contributed by atoms with Crippen molar-refractivity contribution < 1.29 is 9.84 Å². The van der Waals surface area contributed by atoms with Crippen LogP contribution in [0.1, 0.15) is 24.3 Å². The summed E-state index contributed by atoms with van der Waals surface area (Å²) in [6, 6.07) is 1.91. The highest BCUT2D eigenvalue weighted by molar-refractivity contribution is 5.35. The van der Waals surface area contributed by atoms with Gasteiger partial charge in [-0.05, 0) is 13.0 Å². The molecule has 1 unspecified atom stereocenters. The molecular formula is C9H11NO2. The lowest BCUT2D eigenvalue weighted by atomic mass is 10.1. The highest BCUT2D eigenvalue weighted by Gasteiger charge is 2.14. The topological polar surface area (TPSA) is 42.4 Å². The Morgan fingerprint density at radius 1 is 1.67 bits per heavy atom. The number of aliphatic hydroxyl groups excluding tert-OH is 1. The number of nitrogens with zero attached hydrogens (tertiary/aromatic N) is 1. The Morgan fingerprint density at radius 3 is 3.25 bits per heavy atom. The first-order chi connectivity index (χ1) is 5.77. The summed E-state index contributed by atoms with van der Waals surface area (Å²) in [6.07, 6.45) is 2.12. The van der Waals surface area contributed by atoms with E-state index in [0.717, 1.165) is 30.0 Å². The lowest BCUT2D eigenvalue weighted by molar-refractivity contribution is 0.194. The minimum atomic E-state index is -0.490. The van der Waals surface area contributed by atoms with E-state index < -0.39 is 6.10 Å². The molecule has 3 nitrogen and oxygen atoms in total. The molecule has 12 heavy (non-hydrogen) atoms. The van der Waals surface area contributed by atoms with Crippen molar-refractivity contribution in [3.8, 4) is 5.75 Å². The van der Waals surface area contributed by atoms with Gasteiger partial charge in [0.1, 0.15) is 5.75 Å². The van der Waals surface area contributed by atoms with Crippen molar-refractivity contribution in [2.75, 3.05) is 6.61 Å². The zero-order chi connectivity index (χ0) is 8.55. The molecule has 0 radical (unpaired) electrons. The van der Waals surface area contributed by atoms with Gasteiger partial charge >= 0.3 is 0 Å². The van der Waals surface area contributed by atoms with Crippen LogP contribution in [-0.2, 0) is 6.42 Å². The zero-order valence-corrected chi connectivity index (χ0v) is 6.95. The maximum atomic E-state index is 9.25. The molecule has 0 aromatic carbocycles. The van der Waals surface area contributed by atoms with Gasteiger partial charge < -0.3 is 9.84 Å². The number of fused-ring (bicyclic) bond motifs is 1. The van der Waals surface area contributed by atoms with Gasteiger partial charge in [-0.3, -0.25) is 4.98 Å². The highest BCUT2D eigenvalue weighted by atomic mass is 16.5. The summed E-state index contributed by atoms with van der Waals surface area (Å²) < 4.78 is 5.29. The van der Waals surface area contributed by atoms with Gasteiger partial charge in [-0.25, -0.2) is 0 Å². The van der Waals surface area contributed by atoms with Gasteiger partial charge in [0.2, 0.25) is 0 Å². The lowest BCUT2D eigenvalue weighted by Gasteiger charge is -2.04. The van der Waals surface area contributed by atoms with Gasteiger partial charge in [0, 0.05) is 12.0 Å². The van der Waals surface area contributed by atoms with Crippen LogP contribution in [0.15, 0.2) is 12.3 Å². The van der Waals surface area contributed by atoms with E-state index in [1.54, 1.807) is 13.1 Å². The smallest absolute Gasteiger partial charge is 0.140 e. The zero-order valence-electron chi connectivity index (χ0n) is 6.95. The molecule has 0 bridgehead atoms. The van der Waals surface area contributed by atoms with Gasteiger partial charge in [-0.2, -0.15) is 0 Å². The Bertz CT molecular complexity index is 297. The third-order valence-electron chi connectivity index (χ3n) is 2.03. The van der Waals surface area contributed by atoms with Crippen LogP contribution >= 0.6 is 0 Å². The minimum Gasteiger partial charge on any atom is -0.491 e. The van der Waals surface area contributed by atoms with E-state index in [4.69, 9.17) is 4.74 Å². The quantitative estimate of drug-likeness (QED) is 0.676. The van der Waals surface area contributed by atoms with Crippen LogP contribution in [0.25, 0.3) is 0 Å². The number of hydrogen-bond donors (Lipinski definition) is 1. The predicted octanol–water partition coefficient (Wildman–Crippen LogP) is 1.07. The molecule has 0 amide bonds. The molecule has 1 aromatic heterocycles. The molecule has 64 valence electrons. The van der Waals surface area contributed by atoms with E-state index in [-0.39, 0.29) is 0 Å². The number of hydrogen-bond acceptors (Lipinski definition) is 3. The summed E-state index contributed by atoms with van der Waals surface area (Å²) in [5.74, 6) is 0.861. The standard InChI is InChI=1S/C9H11NO2/c1-6(11)8-4-7-2-3-12-9(7)5-10-8/h4-6,11H,2-3H2,1H3. The Kier molecular flexibility index (Phi) is 1.73. The van der Waals surface area contributed by atoms with E-state index in [1.165, 1.54) is 0 Å². The molecule has 2 rings (SSSR count). The van der Waals surface area contributed by atoms with E-state index in [2.05, 4.69) is 4.98 Å². The first-order valence-electron chi connectivity index (χ1n) is 4.07. The van der Waals surface area contributed by atoms with Crippen molar-refractivity contribution in [1.82, 2.24) is 4.98 Å². The Balaban J connectivity index is 2.39. The predicted molar refractivity (Wildman–Crippen MR) is 44.1 cm³/mol. The van der Waals surface area contributed by atoms with Gasteiger partial charge in [-0.1, -0.05) is 0 Å². The van der Waals surface area contributed by atoms with E-state index in [1.807, 2.05) is 6.07 Å². The summed E-state index contributed by atoms with van der Waals surface area (Å²) in [7, 11) is 0. The van der Waals surface area contributed by atoms with E-state index >= 15 is 0 Å². The van der Waals surface area contributed by atoms with Crippen molar-refractivity contribution in [2.45, 2.75) is 19.4 Å². The molecule has 0 aliphatic carbocycles. The van der Waals surface area contributed by atoms with Crippen LogP contribution in [0.2, 0.25) is 0 Å². The van der Waals surface area contributed by atoms with Gasteiger partial charge in [0.25, 0.3) is 0 Å². The molecule has 2 heterocycles. The average Bonchev–Trinajstić information content (AvgIpc) is 2.49. The fraction of sp³-hybridized carbons (Fsp3) is 0.444. The number of ether oxygens (including phenoxy) is 1. The van der Waals surface area contributed by atoms with Gasteiger partial charge in [0.15, 0.2) is 0 Å². The molecule has 3 heteroatoms. The third-order valence-corrected chi connectivity index (χ3v) is 2.03. The molecule has 1 aromatic rings. The number of aromatic nitrogens is 1. The Hall–Kier alpha value is -1.09. The molecule has 1 aliphatic rings. The molecule has 0 spiro atoms. The number of pyridine rings is 1. The van der Waals surface area contributed by atoms with Crippen LogP contribution in [0.4, 0.5) is 0 Å². The lowest BCUT2D eigenvalue weighted by Crippen LogP contribution is -1.95. The van der Waals surface area contributed by atoms with E-state index in [9.17, 15) is 5.11 Å². The summed E-state index contributed by atoms with van der Waals surface area (Å²) in [4.78, 5) is 4.07. The normalized spacial score (nSPS) is 16.8. The van der Waals surface area contributed by atoms with Crippen molar-refractivity contribution >= 4 is 0 Å². The van der Waals surface area contributed by atoms with Crippen LogP contribution in [-0.4, -0.2) is 16.7 Å². The van der Waals surface area contributed by atoms with E-state index in [0.29, 0.717) is 0 Å². The van der Waals surface area contributed by atoms with Gasteiger partial charge in [-0.15, -0.1) is 0 Å². The Morgan fingerprint density at radius 2 is 2.50 bits per heavy atom.